The quantitative estimate of drug-likeness (QED) is 0.845. The smallest absolute Gasteiger partial charge is 0.310 e. The average Bonchev–Trinajstić information content (AvgIpc) is 2.77. The fourth-order valence-corrected chi connectivity index (χ4v) is 2.02. The van der Waals surface area contributed by atoms with Crippen LogP contribution in [0.2, 0.25) is 0 Å². The molecule has 1 aromatic carbocycles. The first-order valence-electron chi connectivity index (χ1n) is 6.90. The van der Waals surface area contributed by atoms with E-state index in [1.165, 1.54) is 18.4 Å². The number of phenolic OH excluding ortho intramolecular Hbond substituents is 1. The number of furan rings is 1. The molecular weight excluding hydrogens is 286 g/mol. The summed E-state index contributed by atoms with van der Waals surface area (Å²) in [6.07, 6.45) is 1.45. The van der Waals surface area contributed by atoms with Crippen LogP contribution in [-0.2, 0) is 20.7 Å². The highest BCUT2D eigenvalue weighted by molar-refractivity contribution is 5.87. The fraction of sp³-hybridized carbons (Fsp3) is 0.375. The number of aromatic hydroxyl groups is 1. The van der Waals surface area contributed by atoms with Crippen LogP contribution in [-0.4, -0.2) is 29.1 Å². The van der Waals surface area contributed by atoms with E-state index >= 15 is 0 Å². The van der Waals surface area contributed by atoms with Crippen LogP contribution < -0.4 is 5.32 Å². The highest BCUT2D eigenvalue weighted by Gasteiger charge is 2.16. The van der Waals surface area contributed by atoms with Crippen molar-refractivity contribution in [1.29, 1.82) is 0 Å². The van der Waals surface area contributed by atoms with Gasteiger partial charge in [0.05, 0.1) is 12.7 Å². The maximum absolute atomic E-state index is 11.8. The Bertz CT molecular complexity index is 696. The molecule has 6 heteroatoms. The summed E-state index contributed by atoms with van der Waals surface area (Å²) in [6, 6.07) is 4.66. The van der Waals surface area contributed by atoms with Gasteiger partial charge in [0, 0.05) is 22.6 Å². The van der Waals surface area contributed by atoms with Crippen molar-refractivity contribution in [3.8, 4) is 5.75 Å². The number of ether oxygens (including phenoxy) is 1. The van der Waals surface area contributed by atoms with Gasteiger partial charge in [-0.15, -0.1) is 0 Å². The van der Waals surface area contributed by atoms with E-state index in [-0.39, 0.29) is 30.2 Å². The van der Waals surface area contributed by atoms with E-state index in [1.807, 2.05) is 20.8 Å². The number of phenols is 1. The molecule has 1 amide bonds. The zero-order chi connectivity index (χ0) is 16.3. The lowest BCUT2D eigenvalue weighted by Gasteiger charge is -2.20. The summed E-state index contributed by atoms with van der Waals surface area (Å²) in [6.45, 7) is 5.23. The molecule has 0 unspecified atom stereocenters. The first kappa shape index (κ1) is 15.9. The third kappa shape index (κ3) is 4.25. The Hall–Kier alpha value is -2.50. The van der Waals surface area contributed by atoms with Gasteiger partial charge in [0.1, 0.15) is 11.3 Å². The van der Waals surface area contributed by atoms with E-state index in [0.29, 0.717) is 11.1 Å². The van der Waals surface area contributed by atoms with Gasteiger partial charge in [0.15, 0.2) is 6.61 Å². The van der Waals surface area contributed by atoms with Crippen LogP contribution in [0.1, 0.15) is 26.3 Å². The zero-order valence-corrected chi connectivity index (χ0v) is 12.8. The molecule has 0 saturated heterocycles. The lowest BCUT2D eigenvalue weighted by molar-refractivity contribution is -0.148. The van der Waals surface area contributed by atoms with Crippen molar-refractivity contribution in [2.45, 2.75) is 32.7 Å². The van der Waals surface area contributed by atoms with E-state index in [1.54, 1.807) is 6.07 Å². The van der Waals surface area contributed by atoms with Gasteiger partial charge in [-0.05, 0) is 32.9 Å². The summed E-state index contributed by atoms with van der Waals surface area (Å²) in [5.41, 5.74) is 0.774. The molecule has 1 aromatic heterocycles. The number of esters is 1. The van der Waals surface area contributed by atoms with Crippen LogP contribution in [0.25, 0.3) is 11.0 Å². The molecule has 118 valence electrons. The summed E-state index contributed by atoms with van der Waals surface area (Å²) >= 11 is 0. The molecule has 0 radical (unpaired) electrons. The minimum absolute atomic E-state index is 0.000569. The van der Waals surface area contributed by atoms with Crippen LogP contribution in [0.15, 0.2) is 28.9 Å². The molecule has 6 nitrogen and oxygen atoms in total. The Morgan fingerprint density at radius 2 is 2.05 bits per heavy atom. The standard InChI is InChI=1S/C16H19NO5/c1-16(2,3)17-14(19)9-22-15(20)6-10-8-21-13-7-11(18)4-5-12(10)13/h4-5,7-8,18H,6,9H2,1-3H3,(H,17,19). The third-order valence-electron chi connectivity index (χ3n) is 2.85. The second kappa shape index (κ2) is 6.09. The SMILES string of the molecule is CC(C)(C)NC(=O)COC(=O)Cc1coc2cc(O)ccc12. The highest BCUT2D eigenvalue weighted by atomic mass is 16.5. The van der Waals surface area contributed by atoms with Crippen molar-refractivity contribution < 1.29 is 23.8 Å². The number of amides is 1. The maximum atomic E-state index is 11.8. The second-order valence-corrected chi connectivity index (χ2v) is 6.08. The molecule has 1 heterocycles. The topological polar surface area (TPSA) is 88.8 Å². The number of hydrogen-bond donors (Lipinski definition) is 2. The molecule has 0 aliphatic carbocycles. The van der Waals surface area contributed by atoms with E-state index in [9.17, 15) is 14.7 Å². The molecule has 0 fully saturated rings. The molecule has 22 heavy (non-hydrogen) atoms. The molecule has 0 saturated carbocycles. The Kier molecular flexibility index (Phi) is 4.40. The Balaban J connectivity index is 1.93. The zero-order valence-electron chi connectivity index (χ0n) is 12.8. The number of hydrogen-bond acceptors (Lipinski definition) is 5. The lowest BCUT2D eigenvalue weighted by Crippen LogP contribution is -2.42. The van der Waals surface area contributed by atoms with Crippen molar-refractivity contribution in [3.05, 3.63) is 30.0 Å². The minimum Gasteiger partial charge on any atom is -0.508 e. The predicted octanol–water partition coefficient (Wildman–Crippen LogP) is 2.14. The van der Waals surface area contributed by atoms with Crippen LogP contribution in [0.3, 0.4) is 0 Å². The Morgan fingerprint density at radius 3 is 2.73 bits per heavy atom. The normalized spacial score (nSPS) is 11.4. The second-order valence-electron chi connectivity index (χ2n) is 6.08. The average molecular weight is 305 g/mol. The van der Waals surface area contributed by atoms with E-state index < -0.39 is 5.97 Å². The summed E-state index contributed by atoms with van der Waals surface area (Å²) < 4.78 is 10.2. The third-order valence-corrected chi connectivity index (χ3v) is 2.85. The van der Waals surface area contributed by atoms with Gasteiger partial charge in [-0.1, -0.05) is 0 Å². The number of nitrogens with one attached hydrogen (secondary N) is 1. The summed E-state index contributed by atoms with van der Waals surface area (Å²) in [5, 5.41) is 12.8. The van der Waals surface area contributed by atoms with Gasteiger partial charge in [-0.3, -0.25) is 9.59 Å². The molecule has 0 bridgehead atoms. The molecule has 2 N–H and O–H groups in total. The van der Waals surface area contributed by atoms with Gasteiger partial charge in [-0.25, -0.2) is 0 Å². The van der Waals surface area contributed by atoms with Gasteiger partial charge in [0.2, 0.25) is 0 Å². The van der Waals surface area contributed by atoms with Crippen LogP contribution in [0, 0.1) is 0 Å². The number of rotatable bonds is 4. The van der Waals surface area contributed by atoms with E-state index in [2.05, 4.69) is 5.32 Å². The van der Waals surface area contributed by atoms with Crippen molar-refractivity contribution in [3.63, 3.8) is 0 Å². The predicted molar refractivity (Wildman–Crippen MR) is 80.4 cm³/mol. The molecule has 0 atom stereocenters. The number of carbonyl (C=O) groups excluding carboxylic acids is 2. The van der Waals surface area contributed by atoms with Gasteiger partial charge in [0.25, 0.3) is 5.91 Å². The molecule has 0 aliphatic heterocycles. The minimum atomic E-state index is -0.514. The molecule has 2 aromatic rings. The maximum Gasteiger partial charge on any atom is 0.310 e. The molecule has 2 rings (SSSR count). The first-order chi connectivity index (χ1) is 10.2. The van der Waals surface area contributed by atoms with Crippen molar-refractivity contribution in [2.24, 2.45) is 0 Å². The Morgan fingerprint density at radius 1 is 1.32 bits per heavy atom. The van der Waals surface area contributed by atoms with Crippen LogP contribution in [0.5, 0.6) is 5.75 Å². The molecular formula is C16H19NO5. The number of fused-ring (bicyclic) bond motifs is 1. The lowest BCUT2D eigenvalue weighted by atomic mass is 10.1. The van der Waals surface area contributed by atoms with E-state index in [0.717, 1.165) is 5.39 Å². The van der Waals surface area contributed by atoms with Gasteiger partial charge >= 0.3 is 5.97 Å². The molecule has 0 spiro atoms. The number of benzene rings is 1. The monoisotopic (exact) mass is 305 g/mol. The Labute approximate surface area is 128 Å². The highest BCUT2D eigenvalue weighted by Crippen LogP contribution is 2.25. The molecule has 0 aliphatic rings. The van der Waals surface area contributed by atoms with Crippen molar-refractivity contribution >= 4 is 22.8 Å². The number of carbonyl (C=O) groups is 2. The van der Waals surface area contributed by atoms with Gasteiger partial charge < -0.3 is 19.6 Å². The largest absolute Gasteiger partial charge is 0.508 e. The van der Waals surface area contributed by atoms with E-state index in [4.69, 9.17) is 9.15 Å². The van der Waals surface area contributed by atoms with Gasteiger partial charge in [-0.2, -0.15) is 0 Å². The summed E-state index contributed by atoms with van der Waals surface area (Å²) in [5.74, 6) is -0.766. The van der Waals surface area contributed by atoms with Crippen molar-refractivity contribution in [2.75, 3.05) is 6.61 Å². The van der Waals surface area contributed by atoms with Crippen LogP contribution in [0.4, 0.5) is 0 Å². The van der Waals surface area contributed by atoms with Crippen LogP contribution >= 0.6 is 0 Å². The first-order valence-corrected chi connectivity index (χ1v) is 6.90. The van der Waals surface area contributed by atoms with Crippen molar-refractivity contribution in [1.82, 2.24) is 5.32 Å². The fourth-order valence-electron chi connectivity index (χ4n) is 2.02. The summed E-state index contributed by atoms with van der Waals surface area (Å²) in [4.78, 5) is 23.4. The summed E-state index contributed by atoms with van der Waals surface area (Å²) in [7, 11) is 0.